The first-order valence-corrected chi connectivity index (χ1v) is 9.53. The molecule has 1 aliphatic carbocycles. The van der Waals surface area contributed by atoms with Crippen molar-refractivity contribution in [2.45, 2.75) is 32.2 Å². The van der Waals surface area contributed by atoms with Crippen molar-refractivity contribution in [2.24, 2.45) is 5.92 Å². The van der Waals surface area contributed by atoms with Crippen molar-refractivity contribution >= 4 is 5.91 Å². The minimum Gasteiger partial charge on any atom is -0.355 e. The van der Waals surface area contributed by atoms with E-state index in [-0.39, 0.29) is 37.0 Å². The summed E-state index contributed by atoms with van der Waals surface area (Å²) in [7, 11) is 0. The third-order valence-electron chi connectivity index (χ3n) is 5.12. The molecule has 0 heterocycles. The van der Waals surface area contributed by atoms with Crippen molar-refractivity contribution in [3.8, 4) is 0 Å². The van der Waals surface area contributed by atoms with Crippen molar-refractivity contribution in [3.63, 3.8) is 0 Å². The van der Waals surface area contributed by atoms with Gasteiger partial charge in [-0.1, -0.05) is 36.4 Å². The fourth-order valence-corrected chi connectivity index (χ4v) is 3.27. The standard InChI is InChI=1S/C22H26F2N2O/c1-16(18-6-3-2-4-7-18)26(14-17-10-11-17)15-22(27)25-13-12-19-20(23)8-5-9-21(19)24/h2-9,16-17H,10-15H2,1H3,(H,25,27). The summed E-state index contributed by atoms with van der Waals surface area (Å²) in [4.78, 5) is 14.6. The summed E-state index contributed by atoms with van der Waals surface area (Å²) in [5, 5.41) is 2.80. The second-order valence-corrected chi connectivity index (χ2v) is 7.26. The molecule has 0 bridgehead atoms. The Bertz CT molecular complexity index is 742. The second-order valence-electron chi connectivity index (χ2n) is 7.26. The molecule has 2 aromatic carbocycles. The topological polar surface area (TPSA) is 32.3 Å². The van der Waals surface area contributed by atoms with Gasteiger partial charge >= 0.3 is 0 Å². The highest BCUT2D eigenvalue weighted by molar-refractivity contribution is 5.78. The zero-order valence-corrected chi connectivity index (χ0v) is 15.6. The molecule has 1 atom stereocenters. The van der Waals surface area contributed by atoms with Crippen LogP contribution in [0.3, 0.4) is 0 Å². The molecule has 1 amide bonds. The van der Waals surface area contributed by atoms with E-state index in [1.807, 2.05) is 18.2 Å². The van der Waals surface area contributed by atoms with Crippen LogP contribution in [0.15, 0.2) is 48.5 Å². The van der Waals surface area contributed by atoms with Crippen LogP contribution in [0.1, 0.15) is 36.9 Å². The number of rotatable bonds is 9. The fourth-order valence-electron chi connectivity index (χ4n) is 3.27. The minimum atomic E-state index is -0.572. The number of carbonyl (C=O) groups is 1. The van der Waals surface area contributed by atoms with E-state index in [0.29, 0.717) is 5.92 Å². The molecule has 0 radical (unpaired) electrons. The van der Waals surface area contributed by atoms with Gasteiger partial charge in [-0.2, -0.15) is 0 Å². The summed E-state index contributed by atoms with van der Waals surface area (Å²) in [5.41, 5.74) is 1.20. The van der Waals surface area contributed by atoms with Gasteiger partial charge in [0.15, 0.2) is 0 Å². The SMILES string of the molecule is CC(c1ccccc1)N(CC(=O)NCCc1c(F)cccc1F)CC1CC1. The van der Waals surface area contributed by atoms with Gasteiger partial charge < -0.3 is 5.32 Å². The number of benzene rings is 2. The van der Waals surface area contributed by atoms with Crippen LogP contribution in [-0.4, -0.2) is 30.4 Å². The molecule has 1 unspecified atom stereocenters. The molecule has 144 valence electrons. The smallest absolute Gasteiger partial charge is 0.234 e. The summed E-state index contributed by atoms with van der Waals surface area (Å²) in [6, 6.07) is 14.1. The Hall–Kier alpha value is -2.27. The van der Waals surface area contributed by atoms with Gasteiger partial charge in [-0.3, -0.25) is 9.69 Å². The molecule has 27 heavy (non-hydrogen) atoms. The van der Waals surface area contributed by atoms with E-state index >= 15 is 0 Å². The van der Waals surface area contributed by atoms with Crippen LogP contribution < -0.4 is 5.32 Å². The van der Waals surface area contributed by atoms with E-state index in [4.69, 9.17) is 0 Å². The van der Waals surface area contributed by atoms with Gasteiger partial charge in [0.2, 0.25) is 5.91 Å². The van der Waals surface area contributed by atoms with E-state index in [2.05, 4.69) is 29.3 Å². The lowest BCUT2D eigenvalue weighted by molar-refractivity contribution is -0.122. The molecular formula is C22H26F2N2O. The van der Waals surface area contributed by atoms with Gasteiger partial charge in [0.1, 0.15) is 11.6 Å². The molecule has 1 aliphatic rings. The zero-order valence-electron chi connectivity index (χ0n) is 15.6. The lowest BCUT2D eigenvalue weighted by Crippen LogP contribution is -2.40. The lowest BCUT2D eigenvalue weighted by atomic mass is 10.1. The second kappa shape index (κ2) is 9.09. The molecule has 0 aromatic heterocycles. The summed E-state index contributed by atoms with van der Waals surface area (Å²) >= 11 is 0. The van der Waals surface area contributed by atoms with Gasteiger partial charge in [-0.15, -0.1) is 0 Å². The van der Waals surface area contributed by atoms with Crippen LogP contribution >= 0.6 is 0 Å². The minimum absolute atomic E-state index is 0.0188. The normalized spacial score (nSPS) is 15.0. The predicted molar refractivity (Wildman–Crippen MR) is 102 cm³/mol. The molecule has 0 spiro atoms. The Labute approximate surface area is 159 Å². The summed E-state index contributed by atoms with van der Waals surface area (Å²) in [5.74, 6) is -0.596. The number of nitrogens with one attached hydrogen (secondary N) is 1. The molecule has 0 aliphatic heterocycles. The van der Waals surface area contributed by atoms with Crippen LogP contribution in [-0.2, 0) is 11.2 Å². The van der Waals surface area contributed by atoms with Gasteiger partial charge in [-0.25, -0.2) is 8.78 Å². The number of hydrogen-bond donors (Lipinski definition) is 1. The van der Waals surface area contributed by atoms with Crippen LogP contribution in [0.5, 0.6) is 0 Å². The van der Waals surface area contributed by atoms with Gasteiger partial charge in [0.25, 0.3) is 0 Å². The number of hydrogen-bond acceptors (Lipinski definition) is 2. The highest BCUT2D eigenvalue weighted by Gasteiger charge is 2.28. The van der Waals surface area contributed by atoms with E-state index in [1.54, 1.807) is 0 Å². The molecular weight excluding hydrogens is 346 g/mol. The summed E-state index contributed by atoms with van der Waals surface area (Å²) in [6.07, 6.45) is 2.57. The van der Waals surface area contributed by atoms with Gasteiger partial charge in [0.05, 0.1) is 6.54 Å². The van der Waals surface area contributed by atoms with E-state index in [1.165, 1.54) is 36.6 Å². The molecule has 2 aromatic rings. The maximum atomic E-state index is 13.7. The van der Waals surface area contributed by atoms with Gasteiger partial charge in [0, 0.05) is 24.7 Å². The van der Waals surface area contributed by atoms with Crippen LogP contribution in [0, 0.1) is 17.6 Å². The van der Waals surface area contributed by atoms with E-state index in [9.17, 15) is 13.6 Å². The van der Waals surface area contributed by atoms with Crippen molar-refractivity contribution in [1.29, 1.82) is 0 Å². The first kappa shape index (κ1) is 19.5. The Balaban J connectivity index is 1.54. The number of halogens is 2. The van der Waals surface area contributed by atoms with Gasteiger partial charge in [-0.05, 0) is 49.8 Å². The predicted octanol–water partition coefficient (Wildman–Crippen LogP) is 4.10. The van der Waals surface area contributed by atoms with Crippen LogP contribution in [0.25, 0.3) is 0 Å². The molecule has 1 saturated carbocycles. The molecule has 1 N–H and O–H groups in total. The van der Waals surface area contributed by atoms with Crippen molar-refractivity contribution in [1.82, 2.24) is 10.2 Å². The number of carbonyl (C=O) groups excluding carboxylic acids is 1. The largest absolute Gasteiger partial charge is 0.355 e. The number of nitrogens with zero attached hydrogens (tertiary/aromatic N) is 1. The Morgan fingerprint density at radius 1 is 1.11 bits per heavy atom. The Morgan fingerprint density at radius 2 is 1.78 bits per heavy atom. The maximum Gasteiger partial charge on any atom is 0.234 e. The van der Waals surface area contributed by atoms with Crippen LogP contribution in [0.2, 0.25) is 0 Å². The quantitative estimate of drug-likeness (QED) is 0.719. The van der Waals surface area contributed by atoms with Crippen LogP contribution in [0.4, 0.5) is 8.78 Å². The monoisotopic (exact) mass is 372 g/mol. The summed E-state index contributed by atoms with van der Waals surface area (Å²) in [6.45, 7) is 3.51. The maximum absolute atomic E-state index is 13.7. The third kappa shape index (κ3) is 5.60. The lowest BCUT2D eigenvalue weighted by Gasteiger charge is -2.29. The van der Waals surface area contributed by atoms with E-state index < -0.39 is 11.6 Å². The van der Waals surface area contributed by atoms with Crippen molar-refractivity contribution in [3.05, 3.63) is 71.3 Å². The fraction of sp³-hybridized carbons (Fsp3) is 0.409. The number of amides is 1. The third-order valence-corrected chi connectivity index (χ3v) is 5.12. The highest BCUT2D eigenvalue weighted by Crippen LogP contribution is 2.32. The molecule has 0 saturated heterocycles. The Morgan fingerprint density at radius 3 is 2.41 bits per heavy atom. The molecule has 3 nitrogen and oxygen atoms in total. The summed E-state index contributed by atoms with van der Waals surface area (Å²) < 4.78 is 27.3. The molecule has 3 rings (SSSR count). The first-order chi connectivity index (χ1) is 13.0. The average Bonchev–Trinajstić information content (AvgIpc) is 3.48. The average molecular weight is 372 g/mol. The van der Waals surface area contributed by atoms with E-state index in [0.717, 1.165) is 6.54 Å². The highest BCUT2D eigenvalue weighted by atomic mass is 19.1. The van der Waals surface area contributed by atoms with Crippen molar-refractivity contribution in [2.75, 3.05) is 19.6 Å². The first-order valence-electron chi connectivity index (χ1n) is 9.53. The van der Waals surface area contributed by atoms with Crippen molar-refractivity contribution < 1.29 is 13.6 Å². The molecule has 5 heteroatoms. The Kier molecular flexibility index (Phi) is 6.56. The zero-order chi connectivity index (χ0) is 19.2. The molecule has 1 fully saturated rings.